The van der Waals surface area contributed by atoms with Crippen molar-refractivity contribution in [3.63, 3.8) is 0 Å². The standard InChI is InChI=1S/C11H13N3O2.2ClH/c1-14(7-11(15)16)6-10-12-8-4-2-3-5-9(8)13-10;;/h2-5H,6-7H2,1H3,(H,12,13)(H,15,16);2*1H. The zero-order chi connectivity index (χ0) is 11.5. The molecule has 2 aromatic rings. The van der Waals surface area contributed by atoms with Crippen molar-refractivity contribution in [3.05, 3.63) is 30.1 Å². The number of carboxylic acids is 1. The molecule has 0 spiro atoms. The van der Waals surface area contributed by atoms with Gasteiger partial charge in [-0.1, -0.05) is 12.1 Å². The van der Waals surface area contributed by atoms with Gasteiger partial charge in [-0.15, -0.1) is 24.8 Å². The molecule has 100 valence electrons. The van der Waals surface area contributed by atoms with E-state index < -0.39 is 5.97 Å². The molecular formula is C11H15Cl2N3O2. The summed E-state index contributed by atoms with van der Waals surface area (Å²) < 4.78 is 0. The van der Waals surface area contributed by atoms with Crippen LogP contribution in [0, 0.1) is 0 Å². The Bertz CT molecular complexity index is 483. The predicted octanol–water partition coefficient (Wildman–Crippen LogP) is 1.92. The second kappa shape index (κ2) is 7.20. The van der Waals surface area contributed by atoms with Crippen LogP contribution in [-0.4, -0.2) is 39.5 Å². The van der Waals surface area contributed by atoms with Crippen LogP contribution in [0.25, 0.3) is 11.0 Å². The van der Waals surface area contributed by atoms with Crippen molar-refractivity contribution in [1.82, 2.24) is 14.9 Å². The van der Waals surface area contributed by atoms with E-state index >= 15 is 0 Å². The number of imidazole rings is 1. The van der Waals surface area contributed by atoms with E-state index in [0.717, 1.165) is 16.9 Å². The Labute approximate surface area is 117 Å². The first kappa shape index (κ1) is 16.7. The van der Waals surface area contributed by atoms with Crippen molar-refractivity contribution >= 4 is 41.8 Å². The van der Waals surface area contributed by atoms with Crippen molar-refractivity contribution in [3.8, 4) is 0 Å². The van der Waals surface area contributed by atoms with E-state index in [1.807, 2.05) is 24.3 Å². The summed E-state index contributed by atoms with van der Waals surface area (Å²) in [6.07, 6.45) is 0. The van der Waals surface area contributed by atoms with Crippen molar-refractivity contribution in [2.45, 2.75) is 6.54 Å². The Balaban J connectivity index is 0.00000144. The molecule has 0 amide bonds. The van der Waals surface area contributed by atoms with Crippen LogP contribution in [0.3, 0.4) is 0 Å². The molecule has 0 saturated heterocycles. The first-order chi connectivity index (χ1) is 7.65. The van der Waals surface area contributed by atoms with Crippen LogP contribution in [0.4, 0.5) is 0 Å². The maximum absolute atomic E-state index is 10.5. The lowest BCUT2D eigenvalue weighted by Crippen LogP contribution is -2.25. The lowest BCUT2D eigenvalue weighted by atomic mass is 10.3. The number of H-pyrrole nitrogens is 1. The van der Waals surface area contributed by atoms with E-state index in [-0.39, 0.29) is 31.4 Å². The molecule has 2 rings (SSSR count). The number of nitrogens with zero attached hydrogens (tertiary/aromatic N) is 2. The number of halogens is 2. The largest absolute Gasteiger partial charge is 0.480 e. The fourth-order valence-corrected chi connectivity index (χ4v) is 1.62. The molecule has 0 aliphatic carbocycles. The number of rotatable bonds is 4. The molecule has 1 heterocycles. The van der Waals surface area contributed by atoms with Crippen LogP contribution < -0.4 is 0 Å². The number of aliphatic carboxylic acids is 1. The Morgan fingerprint density at radius 2 is 2.06 bits per heavy atom. The Morgan fingerprint density at radius 3 is 2.67 bits per heavy atom. The van der Waals surface area contributed by atoms with Gasteiger partial charge in [0, 0.05) is 0 Å². The molecule has 0 aliphatic rings. The second-order valence-electron chi connectivity index (χ2n) is 3.77. The van der Waals surface area contributed by atoms with Crippen molar-refractivity contribution in [2.75, 3.05) is 13.6 Å². The highest BCUT2D eigenvalue weighted by Gasteiger charge is 2.08. The van der Waals surface area contributed by atoms with Gasteiger partial charge in [-0.25, -0.2) is 4.98 Å². The number of nitrogens with one attached hydrogen (secondary N) is 1. The van der Waals surface area contributed by atoms with E-state index in [0.29, 0.717) is 6.54 Å². The van der Waals surface area contributed by atoms with Gasteiger partial charge in [0.2, 0.25) is 0 Å². The Kier molecular flexibility index (Phi) is 6.68. The van der Waals surface area contributed by atoms with Crippen LogP contribution in [0.5, 0.6) is 0 Å². The first-order valence-electron chi connectivity index (χ1n) is 4.99. The minimum Gasteiger partial charge on any atom is -0.480 e. The van der Waals surface area contributed by atoms with E-state index in [2.05, 4.69) is 9.97 Å². The number of carbonyl (C=O) groups is 1. The first-order valence-corrected chi connectivity index (χ1v) is 4.99. The molecular weight excluding hydrogens is 277 g/mol. The molecule has 18 heavy (non-hydrogen) atoms. The molecule has 0 saturated carbocycles. The third kappa shape index (κ3) is 4.18. The summed E-state index contributed by atoms with van der Waals surface area (Å²) in [5.41, 5.74) is 1.88. The number of para-hydroxylation sites is 2. The number of hydrogen-bond acceptors (Lipinski definition) is 3. The second-order valence-corrected chi connectivity index (χ2v) is 3.77. The summed E-state index contributed by atoms with van der Waals surface area (Å²) in [4.78, 5) is 19.7. The molecule has 0 radical (unpaired) electrons. The van der Waals surface area contributed by atoms with Gasteiger partial charge in [-0.3, -0.25) is 9.69 Å². The topological polar surface area (TPSA) is 69.2 Å². The minimum absolute atomic E-state index is 0. The van der Waals surface area contributed by atoms with Gasteiger partial charge in [0.15, 0.2) is 0 Å². The molecule has 1 aromatic heterocycles. The maximum atomic E-state index is 10.5. The summed E-state index contributed by atoms with van der Waals surface area (Å²) in [6, 6.07) is 7.73. The average molecular weight is 292 g/mol. The number of aromatic amines is 1. The average Bonchev–Trinajstić information content (AvgIpc) is 2.57. The SMILES string of the molecule is CN(CC(=O)O)Cc1nc2ccccc2[nH]1.Cl.Cl. The van der Waals surface area contributed by atoms with E-state index in [4.69, 9.17) is 5.11 Å². The van der Waals surface area contributed by atoms with Crippen LogP contribution in [0.1, 0.15) is 5.82 Å². The molecule has 1 aromatic carbocycles. The normalized spacial score (nSPS) is 9.89. The Hall–Kier alpha value is -1.30. The van der Waals surface area contributed by atoms with Crippen LogP contribution in [-0.2, 0) is 11.3 Å². The molecule has 0 atom stereocenters. The van der Waals surface area contributed by atoms with E-state index in [1.54, 1.807) is 11.9 Å². The fourth-order valence-electron chi connectivity index (χ4n) is 1.62. The molecule has 2 N–H and O–H groups in total. The number of hydrogen-bond donors (Lipinski definition) is 2. The molecule has 0 bridgehead atoms. The van der Waals surface area contributed by atoms with Crippen LogP contribution in [0.2, 0.25) is 0 Å². The zero-order valence-electron chi connectivity index (χ0n) is 9.79. The van der Waals surface area contributed by atoms with E-state index in [9.17, 15) is 4.79 Å². The van der Waals surface area contributed by atoms with Crippen molar-refractivity contribution in [2.24, 2.45) is 0 Å². The van der Waals surface area contributed by atoms with Gasteiger partial charge >= 0.3 is 5.97 Å². The number of benzene rings is 1. The molecule has 7 heteroatoms. The van der Waals surface area contributed by atoms with Crippen molar-refractivity contribution < 1.29 is 9.90 Å². The monoisotopic (exact) mass is 291 g/mol. The summed E-state index contributed by atoms with van der Waals surface area (Å²) in [6.45, 7) is 0.512. The van der Waals surface area contributed by atoms with Gasteiger partial charge in [0.25, 0.3) is 0 Å². The van der Waals surface area contributed by atoms with Crippen molar-refractivity contribution in [1.29, 1.82) is 0 Å². The third-order valence-electron chi connectivity index (χ3n) is 2.26. The number of carboxylic acid groups (broad SMARTS) is 1. The summed E-state index contributed by atoms with van der Waals surface area (Å²) in [5, 5.41) is 8.63. The highest BCUT2D eigenvalue weighted by Crippen LogP contribution is 2.10. The van der Waals surface area contributed by atoms with E-state index in [1.165, 1.54) is 0 Å². The highest BCUT2D eigenvalue weighted by molar-refractivity contribution is 5.85. The summed E-state index contributed by atoms with van der Waals surface area (Å²) in [5.74, 6) is -0.0523. The van der Waals surface area contributed by atoms with Gasteiger partial charge in [0.1, 0.15) is 5.82 Å². The third-order valence-corrected chi connectivity index (χ3v) is 2.26. The van der Waals surface area contributed by atoms with Gasteiger partial charge < -0.3 is 10.1 Å². The minimum atomic E-state index is -0.835. The maximum Gasteiger partial charge on any atom is 0.317 e. The lowest BCUT2D eigenvalue weighted by Gasteiger charge is -2.11. The zero-order valence-corrected chi connectivity index (χ0v) is 11.4. The highest BCUT2D eigenvalue weighted by atomic mass is 35.5. The number of aromatic nitrogens is 2. The van der Waals surface area contributed by atoms with Gasteiger partial charge in [-0.05, 0) is 19.2 Å². The fraction of sp³-hybridized carbons (Fsp3) is 0.273. The summed E-state index contributed by atoms with van der Waals surface area (Å²) in [7, 11) is 1.75. The number of likely N-dealkylation sites (N-methyl/N-ethyl adjacent to an activating group) is 1. The lowest BCUT2D eigenvalue weighted by molar-refractivity contribution is -0.138. The van der Waals surface area contributed by atoms with Crippen LogP contribution >= 0.6 is 24.8 Å². The van der Waals surface area contributed by atoms with Gasteiger partial charge in [-0.2, -0.15) is 0 Å². The smallest absolute Gasteiger partial charge is 0.317 e. The number of fused-ring (bicyclic) bond motifs is 1. The molecule has 0 fully saturated rings. The molecule has 5 nitrogen and oxygen atoms in total. The Morgan fingerprint density at radius 1 is 1.39 bits per heavy atom. The van der Waals surface area contributed by atoms with Gasteiger partial charge in [0.05, 0.1) is 24.1 Å². The molecule has 0 unspecified atom stereocenters. The van der Waals surface area contributed by atoms with Crippen LogP contribution in [0.15, 0.2) is 24.3 Å². The predicted molar refractivity (Wildman–Crippen MR) is 74.6 cm³/mol. The molecule has 0 aliphatic heterocycles. The quantitative estimate of drug-likeness (QED) is 0.903. The summed E-state index contributed by atoms with van der Waals surface area (Å²) >= 11 is 0.